The van der Waals surface area contributed by atoms with E-state index in [1.807, 2.05) is 4.57 Å². The fourth-order valence-electron chi connectivity index (χ4n) is 1.52. The first-order valence-corrected chi connectivity index (χ1v) is 4.81. The summed E-state index contributed by atoms with van der Waals surface area (Å²) in [7, 11) is 1.69. The van der Waals surface area contributed by atoms with Crippen molar-refractivity contribution in [2.24, 2.45) is 5.92 Å². The van der Waals surface area contributed by atoms with Gasteiger partial charge in [0.2, 0.25) is 0 Å². The van der Waals surface area contributed by atoms with Gasteiger partial charge in [-0.25, -0.2) is 4.98 Å². The van der Waals surface area contributed by atoms with Crippen LogP contribution in [0.5, 0.6) is 0 Å². The summed E-state index contributed by atoms with van der Waals surface area (Å²) in [6, 6.07) is 0.240. The van der Waals surface area contributed by atoms with Gasteiger partial charge in [-0.2, -0.15) is 0 Å². The van der Waals surface area contributed by atoms with Crippen molar-refractivity contribution in [1.29, 1.82) is 0 Å². The van der Waals surface area contributed by atoms with Crippen molar-refractivity contribution in [1.82, 2.24) is 9.55 Å². The van der Waals surface area contributed by atoms with Crippen molar-refractivity contribution < 1.29 is 9.84 Å². The van der Waals surface area contributed by atoms with Crippen LogP contribution in [0, 0.1) is 5.92 Å². The van der Waals surface area contributed by atoms with Gasteiger partial charge < -0.3 is 14.4 Å². The molecule has 0 aromatic carbocycles. The molecule has 0 spiro atoms. The third-order valence-electron chi connectivity index (χ3n) is 2.37. The van der Waals surface area contributed by atoms with Crippen LogP contribution in [-0.4, -0.2) is 28.4 Å². The summed E-state index contributed by atoms with van der Waals surface area (Å²) in [5, 5.41) is 9.10. The van der Waals surface area contributed by atoms with Gasteiger partial charge in [0.25, 0.3) is 0 Å². The standard InChI is InChI=1S/C10H18N2O2/c1-8(2)10(6-14-3)12-7-11-4-9(12)5-13/h4,7-8,10,13H,5-6H2,1-3H3. The quantitative estimate of drug-likeness (QED) is 0.773. The maximum atomic E-state index is 9.10. The number of aromatic nitrogens is 2. The van der Waals surface area contributed by atoms with Crippen LogP contribution >= 0.6 is 0 Å². The first-order chi connectivity index (χ1) is 6.70. The van der Waals surface area contributed by atoms with Gasteiger partial charge in [-0.3, -0.25) is 0 Å². The van der Waals surface area contributed by atoms with E-state index in [2.05, 4.69) is 18.8 Å². The molecule has 4 heteroatoms. The van der Waals surface area contributed by atoms with Crippen molar-refractivity contribution in [3.63, 3.8) is 0 Å². The lowest BCUT2D eigenvalue weighted by molar-refractivity contribution is 0.128. The minimum Gasteiger partial charge on any atom is -0.390 e. The highest BCUT2D eigenvalue weighted by atomic mass is 16.5. The summed E-state index contributed by atoms with van der Waals surface area (Å²) in [5.74, 6) is 0.453. The molecule has 1 N–H and O–H groups in total. The Balaban J connectivity index is 2.86. The van der Waals surface area contributed by atoms with Crippen molar-refractivity contribution in [2.45, 2.75) is 26.5 Å². The van der Waals surface area contributed by atoms with Gasteiger partial charge in [-0.05, 0) is 5.92 Å². The molecule has 0 aliphatic heterocycles. The zero-order valence-electron chi connectivity index (χ0n) is 8.97. The third-order valence-corrected chi connectivity index (χ3v) is 2.37. The second-order valence-electron chi connectivity index (χ2n) is 3.72. The fraction of sp³-hybridized carbons (Fsp3) is 0.700. The van der Waals surface area contributed by atoms with Gasteiger partial charge in [-0.1, -0.05) is 13.8 Å². The monoisotopic (exact) mass is 198 g/mol. The summed E-state index contributed by atoms with van der Waals surface area (Å²) < 4.78 is 7.14. The SMILES string of the molecule is COCC(C(C)C)n1cncc1CO. The van der Waals surface area contributed by atoms with Crippen LogP contribution in [0.4, 0.5) is 0 Å². The van der Waals surface area contributed by atoms with Crippen LogP contribution in [-0.2, 0) is 11.3 Å². The van der Waals surface area contributed by atoms with E-state index in [4.69, 9.17) is 9.84 Å². The first kappa shape index (κ1) is 11.2. The fourth-order valence-corrected chi connectivity index (χ4v) is 1.52. The minimum atomic E-state index is 0.0208. The summed E-state index contributed by atoms with van der Waals surface area (Å²) in [5.41, 5.74) is 0.834. The molecule has 4 nitrogen and oxygen atoms in total. The Morgan fingerprint density at radius 1 is 1.57 bits per heavy atom. The number of hydrogen-bond acceptors (Lipinski definition) is 3. The van der Waals surface area contributed by atoms with Crippen LogP contribution in [0.3, 0.4) is 0 Å². The van der Waals surface area contributed by atoms with Gasteiger partial charge in [0.15, 0.2) is 0 Å². The van der Waals surface area contributed by atoms with E-state index in [-0.39, 0.29) is 12.6 Å². The van der Waals surface area contributed by atoms with Gasteiger partial charge in [0.05, 0.1) is 37.5 Å². The zero-order valence-corrected chi connectivity index (χ0v) is 8.97. The Hall–Kier alpha value is -0.870. The number of aliphatic hydroxyl groups is 1. The maximum Gasteiger partial charge on any atom is 0.0952 e. The highest BCUT2D eigenvalue weighted by molar-refractivity contribution is 4.99. The second kappa shape index (κ2) is 5.12. The van der Waals surface area contributed by atoms with E-state index in [9.17, 15) is 0 Å². The second-order valence-corrected chi connectivity index (χ2v) is 3.72. The van der Waals surface area contributed by atoms with Gasteiger partial charge in [0.1, 0.15) is 0 Å². The summed E-state index contributed by atoms with van der Waals surface area (Å²) in [6.07, 6.45) is 3.43. The Morgan fingerprint density at radius 3 is 2.79 bits per heavy atom. The lowest BCUT2D eigenvalue weighted by Gasteiger charge is -2.23. The van der Waals surface area contributed by atoms with E-state index in [0.717, 1.165) is 5.69 Å². The smallest absolute Gasteiger partial charge is 0.0952 e. The average molecular weight is 198 g/mol. The van der Waals surface area contributed by atoms with E-state index in [1.54, 1.807) is 19.6 Å². The average Bonchev–Trinajstić information content (AvgIpc) is 2.61. The molecule has 0 saturated carbocycles. The van der Waals surface area contributed by atoms with E-state index >= 15 is 0 Å². The van der Waals surface area contributed by atoms with E-state index in [0.29, 0.717) is 12.5 Å². The molecule has 0 aliphatic rings. The number of aliphatic hydroxyl groups excluding tert-OH is 1. The van der Waals surface area contributed by atoms with Crippen molar-refractivity contribution >= 4 is 0 Å². The number of nitrogens with zero attached hydrogens (tertiary/aromatic N) is 2. The largest absolute Gasteiger partial charge is 0.390 e. The van der Waals surface area contributed by atoms with Crippen LogP contribution in [0.15, 0.2) is 12.5 Å². The predicted octanol–water partition coefficient (Wildman–Crippen LogP) is 1.22. The normalized spacial score (nSPS) is 13.5. The number of hydrogen-bond donors (Lipinski definition) is 1. The van der Waals surface area contributed by atoms with E-state index < -0.39 is 0 Å². The summed E-state index contributed by atoms with van der Waals surface area (Å²) in [6.45, 7) is 4.92. The number of ether oxygens (including phenoxy) is 1. The lowest BCUT2D eigenvalue weighted by atomic mass is 10.1. The molecule has 0 fully saturated rings. The number of imidazole rings is 1. The molecule has 80 valence electrons. The van der Waals surface area contributed by atoms with Crippen LogP contribution in [0.1, 0.15) is 25.6 Å². The van der Waals surface area contributed by atoms with Crippen LogP contribution < -0.4 is 0 Å². The highest BCUT2D eigenvalue weighted by Crippen LogP contribution is 2.19. The molecule has 1 aromatic heterocycles. The van der Waals surface area contributed by atoms with E-state index in [1.165, 1.54) is 0 Å². The molecule has 0 saturated heterocycles. The molecular weight excluding hydrogens is 180 g/mol. The molecular formula is C10H18N2O2. The Morgan fingerprint density at radius 2 is 2.29 bits per heavy atom. The molecule has 0 radical (unpaired) electrons. The molecule has 0 amide bonds. The molecule has 1 heterocycles. The van der Waals surface area contributed by atoms with Crippen molar-refractivity contribution in [2.75, 3.05) is 13.7 Å². The van der Waals surface area contributed by atoms with Crippen LogP contribution in [0.2, 0.25) is 0 Å². The Labute approximate surface area is 84.5 Å². The molecule has 1 rings (SSSR count). The van der Waals surface area contributed by atoms with Gasteiger partial charge in [-0.15, -0.1) is 0 Å². The number of methoxy groups -OCH3 is 1. The molecule has 14 heavy (non-hydrogen) atoms. The van der Waals surface area contributed by atoms with Gasteiger partial charge in [0, 0.05) is 7.11 Å². The van der Waals surface area contributed by atoms with Crippen molar-refractivity contribution in [3.8, 4) is 0 Å². The summed E-state index contributed by atoms with van der Waals surface area (Å²) in [4.78, 5) is 4.03. The Kier molecular flexibility index (Phi) is 4.10. The molecule has 1 aromatic rings. The first-order valence-electron chi connectivity index (χ1n) is 4.81. The van der Waals surface area contributed by atoms with Crippen LogP contribution in [0.25, 0.3) is 0 Å². The maximum absolute atomic E-state index is 9.10. The predicted molar refractivity (Wildman–Crippen MR) is 53.9 cm³/mol. The molecule has 1 unspecified atom stereocenters. The topological polar surface area (TPSA) is 47.3 Å². The zero-order chi connectivity index (χ0) is 10.6. The Bertz CT molecular complexity index is 271. The number of rotatable bonds is 5. The third kappa shape index (κ3) is 2.33. The highest BCUT2D eigenvalue weighted by Gasteiger charge is 2.17. The molecule has 0 bridgehead atoms. The summed E-state index contributed by atoms with van der Waals surface area (Å²) >= 11 is 0. The lowest BCUT2D eigenvalue weighted by Crippen LogP contribution is -2.21. The van der Waals surface area contributed by atoms with Crippen molar-refractivity contribution in [3.05, 3.63) is 18.2 Å². The van der Waals surface area contributed by atoms with Gasteiger partial charge >= 0.3 is 0 Å². The molecule has 0 aliphatic carbocycles. The molecule has 1 atom stereocenters. The minimum absolute atomic E-state index is 0.0208.